The van der Waals surface area contributed by atoms with Crippen LogP contribution in [0.3, 0.4) is 0 Å². The van der Waals surface area contributed by atoms with Crippen LogP contribution in [0.1, 0.15) is 96.6 Å². The van der Waals surface area contributed by atoms with Crippen LogP contribution in [-0.4, -0.2) is 99.9 Å². The summed E-state index contributed by atoms with van der Waals surface area (Å²) in [6.07, 6.45) is 5.97. The summed E-state index contributed by atoms with van der Waals surface area (Å²) in [4.78, 5) is 65.9. The Labute approximate surface area is 369 Å². The number of carbonyl (C=O) groups is 4. The molecule has 1 saturated heterocycles. The smallest absolute Gasteiger partial charge is 0.307 e. The number of phenols is 1. The van der Waals surface area contributed by atoms with Crippen molar-refractivity contribution < 1.29 is 33.8 Å². The number of nitrogens with one attached hydrogen (secondary N) is 2. The summed E-state index contributed by atoms with van der Waals surface area (Å²) < 4.78 is 14.3. The Morgan fingerprint density at radius 2 is 1.87 bits per heavy atom. The van der Waals surface area contributed by atoms with Gasteiger partial charge in [-0.1, -0.05) is 46.2 Å². The number of cyclic esters (lactones) is 1. The highest BCUT2D eigenvalue weighted by atomic mass is 28.3. The van der Waals surface area contributed by atoms with Gasteiger partial charge in [0.1, 0.15) is 21.5 Å². The predicted octanol–water partition coefficient (Wildman–Crippen LogP) is 6.31. The lowest BCUT2D eigenvalue weighted by Crippen LogP contribution is -2.61. The second-order valence-corrected chi connectivity index (χ2v) is 22.7. The number of amides is 3. The van der Waals surface area contributed by atoms with Gasteiger partial charge in [0, 0.05) is 61.2 Å². The van der Waals surface area contributed by atoms with Crippen molar-refractivity contribution in [2.24, 2.45) is 17.3 Å². The van der Waals surface area contributed by atoms with Gasteiger partial charge in [-0.15, -0.1) is 0 Å². The van der Waals surface area contributed by atoms with E-state index in [9.17, 15) is 24.3 Å². The number of hydrogen-bond acceptors (Lipinski definition) is 9. The first-order valence-corrected chi connectivity index (χ1v) is 25.8. The minimum atomic E-state index is -2.94. The van der Waals surface area contributed by atoms with Gasteiger partial charge < -0.3 is 29.0 Å². The zero-order valence-electron chi connectivity index (χ0n) is 37.6. The summed E-state index contributed by atoms with van der Waals surface area (Å²) in [6.45, 7) is 13.5. The number of aryl methyl sites for hydroxylation is 1. The fourth-order valence-corrected chi connectivity index (χ4v) is 13.5. The molecule has 3 N–H and O–H groups in total. The van der Waals surface area contributed by atoms with Crippen molar-refractivity contribution in [1.29, 1.82) is 0 Å². The van der Waals surface area contributed by atoms with Gasteiger partial charge in [0.25, 0.3) is 0 Å². The van der Waals surface area contributed by atoms with Crippen molar-refractivity contribution in [2.75, 3.05) is 27.3 Å². The van der Waals surface area contributed by atoms with Crippen LogP contribution in [0, 0.1) is 17.3 Å². The van der Waals surface area contributed by atoms with Crippen LogP contribution in [0.2, 0.25) is 5.54 Å². The number of hydrazine groups is 1. The predicted molar refractivity (Wildman–Crippen MR) is 246 cm³/mol. The third kappa shape index (κ3) is 9.41. The Morgan fingerprint density at radius 1 is 1.10 bits per heavy atom. The molecule has 1 aliphatic carbocycles. The van der Waals surface area contributed by atoms with Gasteiger partial charge in [-0.25, -0.2) is 0 Å². The summed E-state index contributed by atoms with van der Waals surface area (Å²) in [5, 5.41) is 17.4. The lowest BCUT2D eigenvalue weighted by Gasteiger charge is -2.36. The van der Waals surface area contributed by atoms with E-state index in [1.165, 1.54) is 0 Å². The van der Waals surface area contributed by atoms with Crippen LogP contribution in [0.4, 0.5) is 4.79 Å². The molecular formula is C47H64N6O7Si2. The Hall–Kier alpha value is -4.84. The number of pyridine rings is 1. The number of hydrogen-bond donors (Lipinski definition) is 3. The van der Waals surface area contributed by atoms with E-state index in [1.807, 2.05) is 32.9 Å². The van der Waals surface area contributed by atoms with Crippen molar-refractivity contribution in [2.45, 2.75) is 110 Å². The number of rotatable bonds is 9. The molecule has 4 heterocycles. The molecule has 0 radical (unpaired) electrons. The molecule has 62 heavy (non-hydrogen) atoms. The monoisotopic (exact) mass is 880 g/mol. The molecule has 2 fully saturated rings. The zero-order chi connectivity index (χ0) is 44.5. The zero-order valence-corrected chi connectivity index (χ0v) is 40.2. The highest BCUT2D eigenvalue weighted by Crippen LogP contribution is 2.42. The van der Waals surface area contributed by atoms with E-state index >= 15 is 0 Å². The van der Waals surface area contributed by atoms with Gasteiger partial charge >= 0.3 is 5.97 Å². The number of carbonyl (C=O) groups excluding carboxylic acids is 4. The molecule has 0 unspecified atom stereocenters. The van der Waals surface area contributed by atoms with E-state index in [0.29, 0.717) is 32.4 Å². The number of methoxy groups -OCH3 is 1. The lowest BCUT2D eigenvalue weighted by atomic mass is 9.84. The van der Waals surface area contributed by atoms with Crippen LogP contribution in [0.15, 0.2) is 54.7 Å². The molecule has 332 valence electrons. The van der Waals surface area contributed by atoms with Gasteiger partial charge in [-0.05, 0) is 117 Å². The van der Waals surface area contributed by atoms with Gasteiger partial charge in [0.05, 0.1) is 29.6 Å². The molecular weight excluding hydrogens is 817 g/mol. The second kappa shape index (κ2) is 18.9. The summed E-state index contributed by atoms with van der Waals surface area (Å²) in [5.74, 6) is -0.850. The fourth-order valence-electron chi connectivity index (χ4n) is 9.52. The van der Waals surface area contributed by atoms with E-state index < -0.39 is 30.1 Å². The van der Waals surface area contributed by atoms with Crippen molar-refractivity contribution in [3.63, 3.8) is 0 Å². The number of fused-ring (bicyclic) bond motifs is 7. The van der Waals surface area contributed by atoms with Crippen LogP contribution < -0.4 is 10.1 Å². The normalized spacial score (nSPS) is 21.1. The first-order chi connectivity index (χ1) is 29.6. The van der Waals surface area contributed by atoms with E-state index in [0.717, 1.165) is 69.4 Å². The van der Waals surface area contributed by atoms with Gasteiger partial charge in [0.2, 0.25) is 26.3 Å². The Morgan fingerprint density at radius 3 is 2.56 bits per heavy atom. The molecule has 4 aromatic rings. The van der Waals surface area contributed by atoms with Crippen LogP contribution in [-0.2, 0) is 42.9 Å². The first-order valence-electron chi connectivity index (χ1n) is 22.4. The minimum Gasteiger partial charge on any atom is -0.508 e. The van der Waals surface area contributed by atoms with Crippen molar-refractivity contribution in [3.8, 4) is 28.1 Å². The van der Waals surface area contributed by atoms with Crippen molar-refractivity contribution in [3.05, 3.63) is 71.5 Å². The van der Waals surface area contributed by atoms with Crippen LogP contribution in [0.25, 0.3) is 33.3 Å². The number of aromatic hydroxyl groups is 1. The van der Waals surface area contributed by atoms with E-state index in [1.54, 1.807) is 42.4 Å². The Bertz CT molecular complexity index is 2330. The van der Waals surface area contributed by atoms with E-state index in [-0.39, 0.29) is 65.2 Å². The number of nitrogens with zero attached hydrogens (tertiary/aromatic N) is 4. The maximum atomic E-state index is 14.7. The Kier molecular flexibility index (Phi) is 13.8. The van der Waals surface area contributed by atoms with Gasteiger partial charge in [-0.2, -0.15) is 0 Å². The van der Waals surface area contributed by atoms with Crippen LogP contribution >= 0.6 is 0 Å². The average Bonchev–Trinajstić information content (AvgIpc) is 3.33. The quantitative estimate of drug-likeness (QED) is 0.130. The minimum absolute atomic E-state index is 0.0373. The standard InChI is InChI=1S/C47H64N6O7Si2/c1-9-52-38-18-17-32-24-36(38)37(42(52)35-15-11-19-48-40(35)29(4)59-8)25-47(5,6)27-60-45(57)39-16-12-20-53(50-61-39)46(58)62(26-30-21-33(32)23-34(54)22-30)49-43(55)41(28(2)3)51(7)44(56)31-13-10-14-31/h11,15,17-19,21-24,28-29,31,39,41,50,54,62H,9-10,12-14,16,20,25-27,61H2,1-8H3,(H,49,55)/t29-,39-,41-,62-/m0/s1. The number of aromatic nitrogens is 2. The summed E-state index contributed by atoms with van der Waals surface area (Å²) in [5.41, 5.74) is 6.37. The molecule has 2 aromatic heterocycles. The molecule has 13 nitrogen and oxygen atoms in total. The fraction of sp³-hybridized carbons (Fsp3) is 0.511. The summed E-state index contributed by atoms with van der Waals surface area (Å²) in [7, 11) is -0.928. The van der Waals surface area contributed by atoms with Gasteiger partial charge in [-0.3, -0.25) is 34.3 Å². The summed E-state index contributed by atoms with van der Waals surface area (Å²) in [6, 6.07) is 15.3. The molecule has 2 aliphatic heterocycles. The average molecular weight is 881 g/mol. The third-order valence-electron chi connectivity index (χ3n) is 13.1. The number of benzene rings is 2. The highest BCUT2D eigenvalue weighted by Gasteiger charge is 2.39. The molecule has 4 atom stereocenters. The number of phenolic OH excluding ortho intramolecular Hbond substituents is 1. The third-order valence-corrected chi connectivity index (χ3v) is 17.3. The topological polar surface area (TPSA) is 155 Å². The van der Waals surface area contributed by atoms with Crippen molar-refractivity contribution >= 4 is 52.9 Å². The van der Waals surface area contributed by atoms with E-state index in [2.05, 4.69) is 59.7 Å². The van der Waals surface area contributed by atoms with E-state index in [4.69, 9.17) is 14.5 Å². The molecule has 6 bridgehead atoms. The lowest BCUT2D eigenvalue weighted by molar-refractivity contribution is -0.146. The maximum Gasteiger partial charge on any atom is 0.307 e. The molecule has 3 amide bonds. The first kappa shape index (κ1) is 45.2. The molecule has 0 spiro atoms. The van der Waals surface area contributed by atoms with Crippen molar-refractivity contribution in [1.82, 2.24) is 29.5 Å². The molecule has 7 rings (SSSR count). The molecule has 3 aliphatic rings. The molecule has 2 aromatic carbocycles. The SMILES string of the molecule is CCn1c(-c2cccnc2[C@H](C)OC)c2c3cc(ccc31)-c1cc(O)cc(c1)C[Si@H](NC(=O)[C@H](C(C)C)N(C)C(=O)C1CCC1)C(=O)N1CCC[C@H]([SiH2]N1)C(=O)OCC(C)(C)C2. The highest BCUT2D eigenvalue weighted by molar-refractivity contribution is 6.88. The summed E-state index contributed by atoms with van der Waals surface area (Å²) >= 11 is 0. The number of esters is 1. The second-order valence-electron chi connectivity index (χ2n) is 18.7. The van der Waals surface area contributed by atoms with Gasteiger partial charge in [0.15, 0.2) is 0 Å². The molecule has 15 heteroatoms. The number of likely N-dealkylation sites (N-methyl/N-ethyl adjacent to an activating group) is 1. The number of ether oxygens (including phenoxy) is 2. The van der Waals surface area contributed by atoms with Crippen LogP contribution in [0.5, 0.6) is 5.75 Å². The maximum absolute atomic E-state index is 14.7. The molecule has 1 saturated carbocycles. The Balaban J connectivity index is 1.35. The largest absolute Gasteiger partial charge is 0.508 e.